The van der Waals surface area contributed by atoms with Gasteiger partial charge >= 0.3 is 0 Å². The molecule has 2 rings (SSSR count). The molecule has 1 aliphatic carbocycles. The third-order valence-electron chi connectivity index (χ3n) is 3.33. The summed E-state index contributed by atoms with van der Waals surface area (Å²) in [6.07, 6.45) is 10.7. The summed E-state index contributed by atoms with van der Waals surface area (Å²) in [5.41, 5.74) is 8.88. The van der Waals surface area contributed by atoms with Crippen molar-refractivity contribution in [1.29, 1.82) is 0 Å². The Hall–Kier alpha value is -0.740. The number of allylic oxidation sites excluding steroid dienone is 1. The molecule has 1 aromatic rings. The van der Waals surface area contributed by atoms with Crippen molar-refractivity contribution in [3.63, 3.8) is 0 Å². The molecule has 0 amide bonds. The standard InChI is InChI=1S/C13H21N3S/c1-2-7-11-13(17-16-15-11)12(14)10-8-5-3-4-6-9-10/h8,12H,2-7,9,14H2,1H3. The fourth-order valence-corrected chi connectivity index (χ4v) is 3.09. The van der Waals surface area contributed by atoms with E-state index < -0.39 is 0 Å². The average molecular weight is 251 g/mol. The van der Waals surface area contributed by atoms with Gasteiger partial charge in [-0.05, 0) is 43.6 Å². The van der Waals surface area contributed by atoms with Crippen LogP contribution >= 0.6 is 11.5 Å². The van der Waals surface area contributed by atoms with Gasteiger partial charge in [0, 0.05) is 0 Å². The smallest absolute Gasteiger partial charge is 0.0807 e. The van der Waals surface area contributed by atoms with Crippen LogP contribution < -0.4 is 5.73 Å². The third kappa shape index (κ3) is 3.13. The number of aromatic nitrogens is 2. The second kappa shape index (κ2) is 6.26. The first kappa shape index (κ1) is 12.7. The van der Waals surface area contributed by atoms with Crippen molar-refractivity contribution in [1.82, 2.24) is 9.59 Å². The second-order valence-corrected chi connectivity index (χ2v) is 5.48. The quantitative estimate of drug-likeness (QED) is 0.835. The summed E-state index contributed by atoms with van der Waals surface area (Å²) in [5.74, 6) is 0. The van der Waals surface area contributed by atoms with E-state index in [2.05, 4.69) is 22.6 Å². The Morgan fingerprint density at radius 3 is 3.12 bits per heavy atom. The van der Waals surface area contributed by atoms with Crippen LogP contribution in [0.2, 0.25) is 0 Å². The fourth-order valence-electron chi connectivity index (χ4n) is 2.35. The second-order valence-electron chi connectivity index (χ2n) is 4.69. The van der Waals surface area contributed by atoms with Gasteiger partial charge in [-0.1, -0.05) is 35.9 Å². The normalized spacial score (nSPS) is 18.6. The van der Waals surface area contributed by atoms with Crippen molar-refractivity contribution in [2.45, 2.75) is 57.9 Å². The first-order valence-electron chi connectivity index (χ1n) is 6.58. The molecular weight excluding hydrogens is 230 g/mol. The first-order chi connectivity index (χ1) is 8.33. The van der Waals surface area contributed by atoms with E-state index in [1.807, 2.05) is 0 Å². The first-order valence-corrected chi connectivity index (χ1v) is 7.36. The molecule has 2 N–H and O–H groups in total. The molecule has 0 aliphatic heterocycles. The molecule has 0 saturated carbocycles. The van der Waals surface area contributed by atoms with Gasteiger partial charge in [0.1, 0.15) is 0 Å². The molecular formula is C13H21N3S. The zero-order valence-corrected chi connectivity index (χ0v) is 11.3. The largest absolute Gasteiger partial charge is 0.320 e. The maximum Gasteiger partial charge on any atom is 0.0807 e. The van der Waals surface area contributed by atoms with Crippen LogP contribution in [-0.4, -0.2) is 9.59 Å². The predicted molar refractivity (Wildman–Crippen MR) is 72.0 cm³/mol. The van der Waals surface area contributed by atoms with Crippen LogP contribution in [0.25, 0.3) is 0 Å². The average Bonchev–Trinajstić information content (AvgIpc) is 2.63. The van der Waals surface area contributed by atoms with Crippen molar-refractivity contribution >= 4 is 11.5 Å². The molecule has 0 saturated heterocycles. The number of nitrogens with two attached hydrogens (primary N) is 1. The van der Waals surface area contributed by atoms with E-state index in [1.54, 1.807) is 0 Å². The van der Waals surface area contributed by atoms with E-state index in [4.69, 9.17) is 5.73 Å². The van der Waals surface area contributed by atoms with Crippen molar-refractivity contribution in [3.05, 3.63) is 22.2 Å². The summed E-state index contributed by atoms with van der Waals surface area (Å²) < 4.78 is 4.06. The van der Waals surface area contributed by atoms with Crippen LogP contribution in [0, 0.1) is 0 Å². The Morgan fingerprint density at radius 2 is 2.29 bits per heavy atom. The number of rotatable bonds is 4. The summed E-state index contributed by atoms with van der Waals surface area (Å²) in [6, 6.07) is 0.0367. The highest BCUT2D eigenvalue weighted by atomic mass is 32.1. The Kier molecular flexibility index (Phi) is 4.68. The van der Waals surface area contributed by atoms with E-state index in [1.165, 1.54) is 47.7 Å². The zero-order valence-electron chi connectivity index (χ0n) is 10.5. The monoisotopic (exact) mass is 251 g/mol. The van der Waals surface area contributed by atoms with Gasteiger partial charge in [-0.3, -0.25) is 0 Å². The molecule has 1 unspecified atom stereocenters. The highest BCUT2D eigenvalue weighted by molar-refractivity contribution is 7.05. The predicted octanol–water partition coefficient (Wildman–Crippen LogP) is 3.38. The van der Waals surface area contributed by atoms with Gasteiger partial charge in [-0.25, -0.2) is 0 Å². The van der Waals surface area contributed by atoms with Gasteiger partial charge in [0.05, 0.1) is 16.6 Å². The Labute approximate surface area is 107 Å². The lowest BCUT2D eigenvalue weighted by Crippen LogP contribution is -2.13. The number of hydrogen-bond donors (Lipinski definition) is 1. The van der Waals surface area contributed by atoms with Gasteiger partial charge in [0.2, 0.25) is 0 Å². The molecule has 0 aromatic carbocycles. The van der Waals surface area contributed by atoms with Crippen LogP contribution in [0.5, 0.6) is 0 Å². The van der Waals surface area contributed by atoms with Crippen molar-refractivity contribution in [2.24, 2.45) is 5.73 Å². The van der Waals surface area contributed by atoms with Crippen LogP contribution in [0.4, 0.5) is 0 Å². The molecule has 1 atom stereocenters. The Morgan fingerprint density at radius 1 is 1.41 bits per heavy atom. The molecule has 0 bridgehead atoms. The van der Waals surface area contributed by atoms with Gasteiger partial charge in [0.15, 0.2) is 0 Å². The number of aryl methyl sites for hydroxylation is 1. The van der Waals surface area contributed by atoms with Gasteiger partial charge in [-0.2, -0.15) is 0 Å². The van der Waals surface area contributed by atoms with Crippen molar-refractivity contribution in [2.75, 3.05) is 0 Å². The SMILES string of the molecule is CCCc1nnsc1C(N)C1=CCCCCC1. The lowest BCUT2D eigenvalue weighted by molar-refractivity contribution is 0.687. The molecule has 0 spiro atoms. The highest BCUT2D eigenvalue weighted by Crippen LogP contribution is 2.30. The van der Waals surface area contributed by atoms with Gasteiger partial charge < -0.3 is 5.73 Å². The van der Waals surface area contributed by atoms with Crippen LogP contribution in [0.15, 0.2) is 11.6 Å². The fraction of sp³-hybridized carbons (Fsp3) is 0.692. The molecule has 17 heavy (non-hydrogen) atoms. The molecule has 94 valence electrons. The van der Waals surface area contributed by atoms with E-state index >= 15 is 0 Å². The number of hydrogen-bond acceptors (Lipinski definition) is 4. The van der Waals surface area contributed by atoms with Gasteiger partial charge in [0.25, 0.3) is 0 Å². The minimum atomic E-state index is 0.0367. The van der Waals surface area contributed by atoms with Crippen LogP contribution in [0.3, 0.4) is 0 Å². The Bertz CT molecular complexity index is 384. The van der Waals surface area contributed by atoms with Crippen molar-refractivity contribution < 1.29 is 0 Å². The maximum absolute atomic E-state index is 6.38. The van der Waals surface area contributed by atoms with Crippen LogP contribution in [-0.2, 0) is 6.42 Å². The van der Waals surface area contributed by atoms with Crippen LogP contribution in [0.1, 0.15) is 62.1 Å². The van der Waals surface area contributed by atoms with E-state index in [0.29, 0.717) is 0 Å². The molecule has 0 fully saturated rings. The van der Waals surface area contributed by atoms with Gasteiger partial charge in [-0.15, -0.1) is 5.10 Å². The van der Waals surface area contributed by atoms with E-state index in [9.17, 15) is 0 Å². The summed E-state index contributed by atoms with van der Waals surface area (Å²) >= 11 is 1.47. The molecule has 1 aliphatic rings. The molecule has 1 aromatic heterocycles. The minimum Gasteiger partial charge on any atom is -0.320 e. The van der Waals surface area contributed by atoms with E-state index in [-0.39, 0.29) is 6.04 Å². The lowest BCUT2D eigenvalue weighted by Gasteiger charge is -2.14. The minimum absolute atomic E-state index is 0.0367. The topological polar surface area (TPSA) is 51.8 Å². The summed E-state index contributed by atoms with van der Waals surface area (Å²) in [4.78, 5) is 1.18. The Balaban J connectivity index is 2.14. The molecule has 1 heterocycles. The number of nitrogens with zero attached hydrogens (tertiary/aromatic N) is 2. The zero-order chi connectivity index (χ0) is 12.1. The molecule has 3 nitrogen and oxygen atoms in total. The highest BCUT2D eigenvalue weighted by Gasteiger charge is 2.19. The maximum atomic E-state index is 6.38. The van der Waals surface area contributed by atoms with Crippen molar-refractivity contribution in [3.8, 4) is 0 Å². The third-order valence-corrected chi connectivity index (χ3v) is 4.18. The molecule has 4 heteroatoms. The van der Waals surface area contributed by atoms with E-state index in [0.717, 1.165) is 25.0 Å². The molecule has 0 radical (unpaired) electrons. The summed E-state index contributed by atoms with van der Waals surface area (Å²) in [6.45, 7) is 2.17. The summed E-state index contributed by atoms with van der Waals surface area (Å²) in [7, 11) is 0. The lowest BCUT2D eigenvalue weighted by atomic mass is 9.99. The summed E-state index contributed by atoms with van der Waals surface area (Å²) in [5, 5.41) is 4.21.